The number of nitrogens with zero attached hydrogens (tertiary/aromatic N) is 2. The normalized spacial score (nSPS) is 20.2. The van der Waals surface area contributed by atoms with E-state index in [-0.39, 0.29) is 12.1 Å². The lowest BCUT2D eigenvalue weighted by atomic mass is 9.93. The summed E-state index contributed by atoms with van der Waals surface area (Å²) in [6, 6.07) is 8.62. The van der Waals surface area contributed by atoms with Gasteiger partial charge < -0.3 is 10.2 Å². The Morgan fingerprint density at radius 2 is 1.14 bits per heavy atom. The van der Waals surface area contributed by atoms with Gasteiger partial charge in [-0.1, -0.05) is 53.7 Å². The van der Waals surface area contributed by atoms with E-state index < -0.39 is 0 Å². The first-order chi connectivity index (χ1) is 16.8. The number of aliphatic imine (C=N–C) groups is 2. The van der Waals surface area contributed by atoms with Crippen molar-refractivity contribution >= 4 is 12.4 Å². The molecule has 35 heavy (non-hydrogen) atoms. The highest BCUT2D eigenvalue weighted by Gasteiger charge is 2.26. The molecule has 0 bridgehead atoms. The van der Waals surface area contributed by atoms with E-state index in [9.17, 15) is 10.2 Å². The lowest BCUT2D eigenvalue weighted by Gasteiger charge is -2.16. The first-order valence-electron chi connectivity index (χ1n) is 13.6. The molecule has 0 heterocycles. The number of phenolic OH excluding ortho intramolecular Hbond substituents is 2. The average Bonchev–Trinajstić information content (AvgIpc) is 3.33. The maximum absolute atomic E-state index is 10.8. The topological polar surface area (TPSA) is 65.2 Å². The van der Waals surface area contributed by atoms with Crippen molar-refractivity contribution < 1.29 is 10.2 Å². The van der Waals surface area contributed by atoms with E-state index in [1.165, 1.54) is 11.1 Å². The molecule has 0 aliphatic heterocycles. The van der Waals surface area contributed by atoms with Gasteiger partial charge in [-0.25, -0.2) is 0 Å². The summed E-state index contributed by atoms with van der Waals surface area (Å²) in [5, 5.41) is 21.6. The summed E-state index contributed by atoms with van der Waals surface area (Å²) in [7, 11) is 0. The Hall–Kier alpha value is -2.62. The SMILES string of the molecule is CCc1cc(C(C)CC)cc(C=NC2CCCC2N=Cc2cc(C(C)CC)cc(CC)c2O)c1O. The smallest absolute Gasteiger partial charge is 0.127 e. The zero-order chi connectivity index (χ0) is 25.5. The molecule has 1 aliphatic carbocycles. The van der Waals surface area contributed by atoms with Gasteiger partial charge in [0.2, 0.25) is 0 Å². The zero-order valence-corrected chi connectivity index (χ0v) is 22.5. The van der Waals surface area contributed by atoms with Crippen molar-refractivity contribution in [3.63, 3.8) is 0 Å². The highest BCUT2D eigenvalue weighted by Crippen LogP contribution is 2.32. The van der Waals surface area contributed by atoms with Crippen molar-refractivity contribution in [1.29, 1.82) is 0 Å². The van der Waals surface area contributed by atoms with Crippen LogP contribution in [-0.2, 0) is 12.8 Å². The fourth-order valence-corrected chi connectivity index (χ4v) is 4.89. The minimum absolute atomic E-state index is 0.0912. The summed E-state index contributed by atoms with van der Waals surface area (Å²) in [6.07, 6.45) is 10.5. The predicted molar refractivity (Wildman–Crippen MR) is 149 cm³/mol. The number of phenols is 2. The van der Waals surface area contributed by atoms with E-state index in [0.29, 0.717) is 23.3 Å². The number of aryl methyl sites for hydroxylation is 2. The van der Waals surface area contributed by atoms with Gasteiger partial charge in [0.25, 0.3) is 0 Å². The van der Waals surface area contributed by atoms with Crippen LogP contribution in [0.5, 0.6) is 11.5 Å². The molecule has 1 saturated carbocycles. The third-order valence-electron chi connectivity index (χ3n) is 7.86. The average molecular weight is 477 g/mol. The molecule has 2 aromatic rings. The summed E-state index contributed by atoms with van der Waals surface area (Å²) in [4.78, 5) is 9.81. The predicted octanol–water partition coefficient (Wildman–Crippen LogP) is 7.71. The van der Waals surface area contributed by atoms with E-state index >= 15 is 0 Å². The van der Waals surface area contributed by atoms with E-state index in [4.69, 9.17) is 9.98 Å². The summed E-state index contributed by atoms with van der Waals surface area (Å²) in [5.74, 6) is 1.59. The molecule has 4 nitrogen and oxygen atoms in total. The molecule has 1 aliphatic rings. The number of hydrogen-bond acceptors (Lipinski definition) is 4. The van der Waals surface area contributed by atoms with Crippen LogP contribution in [0, 0.1) is 0 Å². The van der Waals surface area contributed by atoms with Gasteiger partial charge in [0.05, 0.1) is 12.1 Å². The molecule has 0 aromatic heterocycles. The molecule has 0 saturated heterocycles. The third-order valence-corrected chi connectivity index (χ3v) is 7.86. The van der Waals surface area contributed by atoms with Crippen molar-refractivity contribution in [1.82, 2.24) is 0 Å². The van der Waals surface area contributed by atoms with Crippen molar-refractivity contribution in [2.75, 3.05) is 0 Å². The van der Waals surface area contributed by atoms with Gasteiger partial charge in [0.1, 0.15) is 11.5 Å². The lowest BCUT2D eigenvalue weighted by Crippen LogP contribution is -2.16. The molecule has 0 spiro atoms. The highest BCUT2D eigenvalue weighted by molar-refractivity contribution is 5.86. The zero-order valence-electron chi connectivity index (χ0n) is 22.5. The van der Waals surface area contributed by atoms with E-state index in [2.05, 4.69) is 65.8 Å². The summed E-state index contributed by atoms with van der Waals surface area (Å²) in [6.45, 7) is 13.0. The Morgan fingerprint density at radius 3 is 1.49 bits per heavy atom. The van der Waals surface area contributed by atoms with Crippen LogP contribution < -0.4 is 0 Å². The third kappa shape index (κ3) is 6.34. The number of rotatable bonds is 10. The van der Waals surface area contributed by atoms with Crippen LogP contribution in [0.15, 0.2) is 34.3 Å². The highest BCUT2D eigenvalue weighted by atomic mass is 16.3. The Kier molecular flexibility index (Phi) is 9.54. The molecule has 0 amide bonds. The van der Waals surface area contributed by atoms with E-state index in [0.717, 1.165) is 67.2 Å². The summed E-state index contributed by atoms with van der Waals surface area (Å²) >= 11 is 0. The lowest BCUT2D eigenvalue weighted by molar-refractivity contribution is 0.466. The Morgan fingerprint density at radius 1 is 0.743 bits per heavy atom. The number of aromatic hydroxyl groups is 2. The van der Waals surface area contributed by atoms with Crippen LogP contribution in [0.3, 0.4) is 0 Å². The van der Waals surface area contributed by atoms with Crippen LogP contribution in [0.2, 0.25) is 0 Å². The maximum Gasteiger partial charge on any atom is 0.127 e. The molecule has 3 rings (SSSR count). The fraction of sp³-hybridized carbons (Fsp3) is 0.548. The quantitative estimate of drug-likeness (QED) is 0.345. The first kappa shape index (κ1) is 27.0. The van der Waals surface area contributed by atoms with E-state index in [1.807, 2.05) is 12.4 Å². The molecule has 4 unspecified atom stereocenters. The molecule has 2 N–H and O–H groups in total. The summed E-state index contributed by atoms with van der Waals surface area (Å²) < 4.78 is 0. The van der Waals surface area contributed by atoms with Crippen LogP contribution in [-0.4, -0.2) is 34.7 Å². The summed E-state index contributed by atoms with van der Waals surface area (Å²) in [5.41, 5.74) is 6.09. The largest absolute Gasteiger partial charge is 0.507 e. The van der Waals surface area contributed by atoms with Gasteiger partial charge in [-0.05, 0) is 91.2 Å². The van der Waals surface area contributed by atoms with Crippen molar-refractivity contribution in [3.8, 4) is 11.5 Å². The van der Waals surface area contributed by atoms with Gasteiger partial charge in [-0.3, -0.25) is 9.98 Å². The minimum atomic E-state index is 0.0912. The first-order valence-corrected chi connectivity index (χ1v) is 13.6. The van der Waals surface area contributed by atoms with Crippen molar-refractivity contribution in [2.45, 2.75) is 110 Å². The van der Waals surface area contributed by atoms with Gasteiger partial charge in [0.15, 0.2) is 0 Å². The minimum Gasteiger partial charge on any atom is -0.507 e. The second-order valence-electron chi connectivity index (χ2n) is 10.2. The monoisotopic (exact) mass is 476 g/mol. The molecular weight excluding hydrogens is 432 g/mol. The van der Waals surface area contributed by atoms with Gasteiger partial charge in [-0.15, -0.1) is 0 Å². The van der Waals surface area contributed by atoms with Crippen LogP contribution >= 0.6 is 0 Å². The molecule has 2 aromatic carbocycles. The van der Waals surface area contributed by atoms with Crippen molar-refractivity contribution in [3.05, 3.63) is 57.6 Å². The molecule has 4 heteroatoms. The van der Waals surface area contributed by atoms with Crippen LogP contribution in [0.4, 0.5) is 0 Å². The number of hydrogen-bond donors (Lipinski definition) is 2. The molecule has 4 atom stereocenters. The Labute approximate surface area is 212 Å². The second-order valence-corrected chi connectivity index (χ2v) is 10.2. The molecule has 190 valence electrons. The van der Waals surface area contributed by atoms with Gasteiger partial charge >= 0.3 is 0 Å². The van der Waals surface area contributed by atoms with Crippen molar-refractivity contribution in [2.24, 2.45) is 9.98 Å². The number of benzene rings is 2. The molecular formula is C31H44N2O2. The fourth-order valence-electron chi connectivity index (χ4n) is 4.89. The molecule has 0 radical (unpaired) electrons. The van der Waals surface area contributed by atoms with E-state index in [1.54, 1.807) is 0 Å². The maximum atomic E-state index is 10.8. The van der Waals surface area contributed by atoms with Gasteiger partial charge in [0, 0.05) is 23.6 Å². The standard InChI is InChI=1S/C31H44N2O2/c1-7-20(5)24-14-22(9-3)30(34)26(16-24)18-32-28-12-11-13-29(28)33-19-27-17-25(21(6)8-2)15-23(10-4)31(27)35/h14-21,28-29,34-35H,7-13H2,1-6H3. The van der Waals surface area contributed by atoms with Gasteiger partial charge in [-0.2, -0.15) is 0 Å². The Bertz CT molecular complexity index is 973. The Balaban J connectivity index is 1.85. The molecule has 1 fully saturated rings. The second kappa shape index (κ2) is 12.4. The van der Waals surface area contributed by atoms with Crippen LogP contribution in [0.25, 0.3) is 0 Å². The van der Waals surface area contributed by atoms with Crippen LogP contribution in [0.1, 0.15) is 119 Å².